The predicted octanol–water partition coefficient (Wildman–Crippen LogP) is 5.73. The van der Waals surface area contributed by atoms with E-state index in [4.69, 9.17) is 16.0 Å². The Kier molecular flexibility index (Phi) is 4.11. The van der Waals surface area contributed by atoms with Crippen molar-refractivity contribution in [3.05, 3.63) is 69.9 Å². The minimum absolute atomic E-state index is 0.244. The van der Waals surface area contributed by atoms with Gasteiger partial charge in [-0.3, -0.25) is 4.79 Å². The van der Waals surface area contributed by atoms with Crippen molar-refractivity contribution in [1.29, 1.82) is 0 Å². The number of benzene rings is 2. The van der Waals surface area contributed by atoms with Gasteiger partial charge >= 0.3 is 5.91 Å². The van der Waals surface area contributed by atoms with Crippen LogP contribution in [-0.4, -0.2) is 22.2 Å². The Hall–Kier alpha value is -2.59. The summed E-state index contributed by atoms with van der Waals surface area (Å²) in [6, 6.07) is 13.4. The molecule has 0 bridgehead atoms. The number of hydrogen-bond donors (Lipinski definition) is 0. The Bertz CT molecular complexity index is 1070. The van der Waals surface area contributed by atoms with Crippen LogP contribution < -0.4 is 0 Å². The van der Waals surface area contributed by atoms with E-state index >= 15 is 0 Å². The molecule has 5 heteroatoms. The minimum Gasteiger partial charge on any atom is -0.451 e. The van der Waals surface area contributed by atoms with E-state index in [0.717, 1.165) is 16.7 Å². The molecule has 3 aromatic rings. The van der Waals surface area contributed by atoms with Crippen LogP contribution in [0.3, 0.4) is 0 Å². The van der Waals surface area contributed by atoms with Gasteiger partial charge in [0.15, 0.2) is 5.76 Å². The summed E-state index contributed by atoms with van der Waals surface area (Å²) >= 11 is 6.03. The van der Waals surface area contributed by atoms with Crippen LogP contribution in [0.5, 0.6) is 0 Å². The van der Waals surface area contributed by atoms with Gasteiger partial charge in [-0.05, 0) is 57.5 Å². The van der Waals surface area contributed by atoms with E-state index in [1.165, 1.54) is 11.1 Å². The monoisotopic (exact) mass is 380 g/mol. The van der Waals surface area contributed by atoms with Crippen LogP contribution in [0.2, 0.25) is 5.02 Å². The summed E-state index contributed by atoms with van der Waals surface area (Å²) in [5.41, 5.74) is 4.56. The Balaban J connectivity index is 1.72. The molecular weight excluding hydrogens is 360 g/mol. The lowest BCUT2D eigenvalue weighted by molar-refractivity contribution is 0.0581. The lowest BCUT2D eigenvalue weighted by atomic mass is 9.93. The van der Waals surface area contributed by atoms with Gasteiger partial charge in [-0.15, -0.1) is 0 Å². The van der Waals surface area contributed by atoms with Gasteiger partial charge in [-0.2, -0.15) is 5.10 Å². The van der Waals surface area contributed by atoms with Crippen molar-refractivity contribution in [2.45, 2.75) is 39.7 Å². The number of carbonyl (C=O) groups excluding carboxylic acids is 1. The molecule has 1 aromatic heterocycles. The van der Waals surface area contributed by atoms with Crippen LogP contribution in [0.1, 0.15) is 47.5 Å². The van der Waals surface area contributed by atoms with Crippen LogP contribution in [-0.2, 0) is 0 Å². The molecule has 1 aliphatic heterocycles. The lowest BCUT2D eigenvalue weighted by Crippen LogP contribution is -2.40. The third-order valence-corrected chi connectivity index (χ3v) is 5.07. The minimum atomic E-state index is -0.430. The van der Waals surface area contributed by atoms with Gasteiger partial charge in [-0.1, -0.05) is 40.9 Å². The van der Waals surface area contributed by atoms with E-state index in [9.17, 15) is 4.79 Å². The Labute approximate surface area is 163 Å². The van der Waals surface area contributed by atoms with E-state index in [2.05, 4.69) is 37.1 Å². The summed E-state index contributed by atoms with van der Waals surface area (Å²) in [5, 5.41) is 7.63. The predicted molar refractivity (Wildman–Crippen MR) is 109 cm³/mol. The van der Waals surface area contributed by atoms with Gasteiger partial charge in [0.1, 0.15) is 5.58 Å². The topological polar surface area (TPSA) is 45.8 Å². The smallest absolute Gasteiger partial charge is 0.310 e. The fourth-order valence-electron chi connectivity index (χ4n) is 3.62. The van der Waals surface area contributed by atoms with Crippen molar-refractivity contribution in [2.24, 2.45) is 5.10 Å². The number of nitrogens with zero attached hydrogens (tertiary/aromatic N) is 2. The summed E-state index contributed by atoms with van der Waals surface area (Å²) in [5.74, 6) is 0.0254. The number of halogens is 1. The molecule has 0 radical (unpaired) electrons. The van der Waals surface area contributed by atoms with Gasteiger partial charge < -0.3 is 4.42 Å². The number of amides is 1. The molecule has 0 saturated heterocycles. The largest absolute Gasteiger partial charge is 0.451 e. The zero-order valence-electron chi connectivity index (χ0n) is 15.8. The Morgan fingerprint density at radius 1 is 1.11 bits per heavy atom. The van der Waals surface area contributed by atoms with Gasteiger partial charge in [0, 0.05) is 16.8 Å². The fraction of sp³-hybridized carbons (Fsp3) is 0.273. The first kappa shape index (κ1) is 17.8. The summed E-state index contributed by atoms with van der Waals surface area (Å²) in [7, 11) is 0. The van der Waals surface area contributed by atoms with Crippen LogP contribution in [0, 0.1) is 13.8 Å². The molecular formula is C22H21ClN2O2. The highest BCUT2D eigenvalue weighted by Gasteiger charge is 2.40. The second-order valence-corrected chi connectivity index (χ2v) is 8.26. The Morgan fingerprint density at radius 3 is 2.52 bits per heavy atom. The molecule has 1 aliphatic rings. The van der Waals surface area contributed by atoms with Crippen LogP contribution in [0.25, 0.3) is 11.0 Å². The van der Waals surface area contributed by atoms with Crippen LogP contribution >= 0.6 is 11.6 Å². The van der Waals surface area contributed by atoms with Crippen molar-refractivity contribution < 1.29 is 9.21 Å². The maximum absolute atomic E-state index is 13.1. The first-order chi connectivity index (χ1) is 12.7. The summed E-state index contributed by atoms with van der Waals surface area (Å²) in [6.07, 6.45) is 0.688. The van der Waals surface area contributed by atoms with Gasteiger partial charge in [-0.25, -0.2) is 5.01 Å². The SMILES string of the molecule is Cc1cc(C)cc(C2=NN(C(=O)c3cc4cc(Cl)ccc4o3)C(C)(C)C2)c1. The fourth-order valence-corrected chi connectivity index (χ4v) is 3.80. The van der Waals surface area contributed by atoms with Gasteiger partial charge in [0.2, 0.25) is 0 Å². The first-order valence-corrected chi connectivity index (χ1v) is 9.30. The number of aryl methyl sites for hydroxylation is 2. The number of hydrazone groups is 1. The second-order valence-electron chi connectivity index (χ2n) is 7.82. The van der Waals surface area contributed by atoms with E-state index in [0.29, 0.717) is 17.0 Å². The molecule has 0 aliphatic carbocycles. The van der Waals surface area contributed by atoms with E-state index in [-0.39, 0.29) is 11.7 Å². The summed E-state index contributed by atoms with van der Waals surface area (Å²) in [4.78, 5) is 13.1. The van der Waals surface area contributed by atoms with E-state index < -0.39 is 5.54 Å². The quantitative estimate of drug-likeness (QED) is 0.569. The van der Waals surface area contributed by atoms with Gasteiger partial charge in [0.05, 0.1) is 11.3 Å². The average Bonchev–Trinajstić information content (AvgIpc) is 3.13. The highest BCUT2D eigenvalue weighted by molar-refractivity contribution is 6.31. The number of carbonyl (C=O) groups is 1. The molecule has 2 heterocycles. The van der Waals surface area contributed by atoms with Gasteiger partial charge in [0.25, 0.3) is 0 Å². The Morgan fingerprint density at radius 2 is 1.81 bits per heavy atom. The molecule has 0 atom stereocenters. The molecule has 0 spiro atoms. The highest BCUT2D eigenvalue weighted by atomic mass is 35.5. The number of hydrogen-bond acceptors (Lipinski definition) is 3. The average molecular weight is 381 g/mol. The second kappa shape index (κ2) is 6.24. The molecule has 4 nitrogen and oxygen atoms in total. The molecule has 0 N–H and O–H groups in total. The summed E-state index contributed by atoms with van der Waals surface area (Å²) < 4.78 is 5.75. The van der Waals surface area contributed by atoms with Crippen LogP contribution in [0.15, 0.2) is 52.0 Å². The lowest BCUT2D eigenvalue weighted by Gasteiger charge is -2.27. The molecule has 1 amide bonds. The third-order valence-electron chi connectivity index (χ3n) is 4.83. The van der Waals surface area contributed by atoms with Crippen molar-refractivity contribution in [3.8, 4) is 0 Å². The zero-order valence-corrected chi connectivity index (χ0v) is 16.6. The molecule has 4 rings (SSSR count). The number of fused-ring (bicyclic) bond motifs is 1. The van der Waals surface area contributed by atoms with Crippen molar-refractivity contribution >= 4 is 34.2 Å². The standard InChI is InChI=1S/C22H21ClN2O2/c1-13-7-14(2)9-15(8-13)18-12-22(3,4)25(24-18)21(26)20-11-16-10-17(23)5-6-19(16)27-20/h5-11H,12H2,1-4H3. The highest BCUT2D eigenvalue weighted by Crippen LogP contribution is 2.33. The van der Waals surface area contributed by atoms with Crippen LogP contribution in [0.4, 0.5) is 0 Å². The molecule has 27 heavy (non-hydrogen) atoms. The van der Waals surface area contributed by atoms with Crippen molar-refractivity contribution in [1.82, 2.24) is 5.01 Å². The molecule has 2 aromatic carbocycles. The van der Waals surface area contributed by atoms with Crippen molar-refractivity contribution in [3.63, 3.8) is 0 Å². The van der Waals surface area contributed by atoms with Crippen molar-refractivity contribution in [2.75, 3.05) is 0 Å². The molecule has 0 saturated carbocycles. The maximum Gasteiger partial charge on any atom is 0.310 e. The van der Waals surface area contributed by atoms with E-state index in [1.807, 2.05) is 13.8 Å². The number of rotatable bonds is 2. The number of furan rings is 1. The zero-order chi connectivity index (χ0) is 19.3. The first-order valence-electron chi connectivity index (χ1n) is 8.93. The maximum atomic E-state index is 13.1. The third kappa shape index (κ3) is 3.26. The molecule has 0 fully saturated rings. The molecule has 138 valence electrons. The normalized spacial score (nSPS) is 16.0. The van der Waals surface area contributed by atoms with E-state index in [1.54, 1.807) is 29.3 Å². The summed E-state index contributed by atoms with van der Waals surface area (Å²) in [6.45, 7) is 8.17. The molecule has 0 unspecified atom stereocenters.